The molecule has 3 aromatic rings. The number of amides is 2. The molecule has 0 unspecified atom stereocenters. The minimum absolute atomic E-state index is 0.0169. The van der Waals surface area contributed by atoms with Gasteiger partial charge < -0.3 is 20.5 Å². The van der Waals surface area contributed by atoms with Gasteiger partial charge in [-0.3, -0.25) is 9.59 Å². The molecule has 0 radical (unpaired) electrons. The monoisotopic (exact) mass is 424 g/mol. The lowest BCUT2D eigenvalue weighted by Crippen LogP contribution is -2.20. The molecule has 0 aromatic heterocycles. The van der Waals surface area contributed by atoms with E-state index in [1.807, 2.05) is 0 Å². The summed E-state index contributed by atoms with van der Waals surface area (Å²) in [5.74, 6) is -1.95. The maximum Gasteiger partial charge on any atom is 0.336 e. The van der Waals surface area contributed by atoms with E-state index in [1.165, 1.54) is 31.4 Å². The Morgan fingerprint density at radius 2 is 1.37 bits per heavy atom. The summed E-state index contributed by atoms with van der Waals surface area (Å²) in [6.45, 7) is 0. The first-order valence-electron chi connectivity index (χ1n) is 8.78. The van der Waals surface area contributed by atoms with E-state index >= 15 is 0 Å². The molecule has 0 saturated heterocycles. The van der Waals surface area contributed by atoms with Gasteiger partial charge in [-0.2, -0.15) is 0 Å². The number of rotatable bonds is 6. The van der Waals surface area contributed by atoms with Crippen LogP contribution in [0.4, 0.5) is 11.4 Å². The first-order valence-corrected chi connectivity index (χ1v) is 9.16. The highest BCUT2D eigenvalue weighted by Gasteiger charge is 2.19. The number of hydrogen-bond donors (Lipinski definition) is 3. The van der Waals surface area contributed by atoms with Crippen LogP contribution in [0, 0.1) is 0 Å². The van der Waals surface area contributed by atoms with Crippen LogP contribution in [0.25, 0.3) is 0 Å². The molecule has 0 aliphatic heterocycles. The number of hydrogen-bond acceptors (Lipinski definition) is 4. The Kier molecular flexibility index (Phi) is 6.34. The Balaban J connectivity index is 1.88. The van der Waals surface area contributed by atoms with E-state index in [1.54, 1.807) is 42.5 Å². The second-order valence-electron chi connectivity index (χ2n) is 6.15. The predicted octanol–water partition coefficient (Wildman–Crippen LogP) is 4.55. The van der Waals surface area contributed by atoms with Crippen molar-refractivity contribution in [1.82, 2.24) is 0 Å². The van der Waals surface area contributed by atoms with Gasteiger partial charge in [-0.25, -0.2) is 4.79 Å². The molecular formula is C22H17ClN2O5. The Morgan fingerprint density at radius 1 is 0.800 bits per heavy atom. The molecule has 0 atom stereocenters. The number of carbonyl (C=O) groups is 3. The van der Waals surface area contributed by atoms with Crippen molar-refractivity contribution in [1.29, 1.82) is 0 Å². The fraction of sp³-hybridized carbons (Fsp3) is 0.0455. The van der Waals surface area contributed by atoms with E-state index in [4.69, 9.17) is 16.3 Å². The number of aromatic carboxylic acids is 1. The van der Waals surface area contributed by atoms with E-state index in [-0.39, 0.29) is 22.4 Å². The second-order valence-corrected chi connectivity index (χ2v) is 6.59. The zero-order valence-corrected chi connectivity index (χ0v) is 16.6. The lowest BCUT2D eigenvalue weighted by atomic mass is 10.1. The van der Waals surface area contributed by atoms with Crippen molar-refractivity contribution in [3.63, 3.8) is 0 Å². The van der Waals surface area contributed by atoms with Crippen LogP contribution in [-0.2, 0) is 0 Å². The van der Waals surface area contributed by atoms with Crippen molar-refractivity contribution in [2.24, 2.45) is 0 Å². The molecule has 30 heavy (non-hydrogen) atoms. The number of nitrogens with one attached hydrogen (secondary N) is 2. The molecule has 7 nitrogen and oxygen atoms in total. The quantitative estimate of drug-likeness (QED) is 0.538. The van der Waals surface area contributed by atoms with Crippen LogP contribution in [0.5, 0.6) is 5.75 Å². The van der Waals surface area contributed by atoms with Crippen molar-refractivity contribution >= 4 is 40.8 Å². The van der Waals surface area contributed by atoms with Gasteiger partial charge in [0, 0.05) is 5.02 Å². The number of benzene rings is 3. The standard InChI is InChI=1S/C22H17ClN2O5/c1-30-19-11-10-13(23)12-18(19)25-21(27)16-8-4-5-9-17(16)24-20(26)14-6-2-3-7-15(14)22(28)29/h2-12H,1H3,(H,24,26)(H,25,27)(H,28,29). The zero-order chi connectivity index (χ0) is 21.7. The largest absolute Gasteiger partial charge is 0.495 e. The van der Waals surface area contributed by atoms with Gasteiger partial charge in [0.15, 0.2) is 0 Å². The Hall–Kier alpha value is -3.84. The van der Waals surface area contributed by atoms with Crippen LogP contribution in [0.1, 0.15) is 31.1 Å². The third-order valence-electron chi connectivity index (χ3n) is 4.23. The molecule has 152 valence electrons. The summed E-state index contributed by atoms with van der Waals surface area (Å²) in [5, 5.41) is 15.0. The van der Waals surface area contributed by atoms with Gasteiger partial charge in [-0.15, -0.1) is 0 Å². The van der Waals surface area contributed by atoms with Crippen molar-refractivity contribution in [3.8, 4) is 5.75 Å². The average Bonchev–Trinajstić information content (AvgIpc) is 2.74. The summed E-state index contributed by atoms with van der Waals surface area (Å²) in [6, 6.07) is 17.0. The number of methoxy groups -OCH3 is 1. The average molecular weight is 425 g/mol. The molecule has 0 saturated carbocycles. The molecule has 0 fully saturated rings. The molecule has 3 rings (SSSR count). The summed E-state index contributed by atoms with van der Waals surface area (Å²) in [5.41, 5.74) is 0.617. The zero-order valence-electron chi connectivity index (χ0n) is 15.8. The van der Waals surface area contributed by atoms with Crippen LogP contribution >= 0.6 is 11.6 Å². The summed E-state index contributed by atoms with van der Waals surface area (Å²) in [7, 11) is 1.47. The van der Waals surface area contributed by atoms with Crippen LogP contribution in [0.2, 0.25) is 5.02 Å². The van der Waals surface area contributed by atoms with Crippen LogP contribution < -0.4 is 15.4 Å². The van der Waals surface area contributed by atoms with Gasteiger partial charge in [0.2, 0.25) is 0 Å². The molecule has 2 amide bonds. The molecule has 0 aliphatic rings. The first kappa shape index (κ1) is 20.9. The fourth-order valence-electron chi connectivity index (χ4n) is 2.81. The summed E-state index contributed by atoms with van der Waals surface area (Å²) in [6.07, 6.45) is 0. The highest BCUT2D eigenvalue weighted by molar-refractivity contribution is 6.31. The number of ether oxygens (including phenoxy) is 1. The smallest absolute Gasteiger partial charge is 0.336 e. The highest BCUT2D eigenvalue weighted by Crippen LogP contribution is 2.29. The molecule has 3 N–H and O–H groups in total. The van der Waals surface area contributed by atoms with Crippen LogP contribution in [0.15, 0.2) is 66.7 Å². The van der Waals surface area contributed by atoms with E-state index in [0.717, 1.165) is 0 Å². The summed E-state index contributed by atoms with van der Waals surface area (Å²) < 4.78 is 5.23. The normalized spacial score (nSPS) is 10.2. The Labute approximate surface area is 177 Å². The highest BCUT2D eigenvalue weighted by atomic mass is 35.5. The molecule has 0 spiro atoms. The second kappa shape index (κ2) is 9.11. The minimum Gasteiger partial charge on any atom is -0.495 e. The third-order valence-corrected chi connectivity index (χ3v) is 4.47. The van der Waals surface area contributed by atoms with Gasteiger partial charge >= 0.3 is 5.97 Å². The van der Waals surface area contributed by atoms with Crippen molar-refractivity contribution in [3.05, 3.63) is 88.4 Å². The lowest BCUT2D eigenvalue weighted by molar-refractivity contribution is 0.0692. The number of carboxylic acid groups (broad SMARTS) is 1. The molecule has 0 aliphatic carbocycles. The van der Waals surface area contributed by atoms with Gasteiger partial charge in [-0.1, -0.05) is 35.9 Å². The molecule has 8 heteroatoms. The number of carboxylic acids is 1. The number of carbonyl (C=O) groups excluding carboxylic acids is 2. The SMILES string of the molecule is COc1ccc(Cl)cc1NC(=O)c1ccccc1NC(=O)c1ccccc1C(=O)O. The summed E-state index contributed by atoms with van der Waals surface area (Å²) in [4.78, 5) is 36.9. The van der Waals surface area contributed by atoms with Gasteiger partial charge in [0.05, 0.1) is 35.2 Å². The van der Waals surface area contributed by atoms with Crippen molar-refractivity contribution in [2.75, 3.05) is 17.7 Å². The van der Waals surface area contributed by atoms with E-state index in [9.17, 15) is 19.5 Å². The van der Waals surface area contributed by atoms with E-state index in [0.29, 0.717) is 16.5 Å². The van der Waals surface area contributed by atoms with E-state index in [2.05, 4.69) is 10.6 Å². The minimum atomic E-state index is -1.22. The lowest BCUT2D eigenvalue weighted by Gasteiger charge is -2.14. The maximum absolute atomic E-state index is 12.9. The third kappa shape index (κ3) is 4.59. The van der Waals surface area contributed by atoms with Gasteiger partial charge in [-0.05, 0) is 42.5 Å². The van der Waals surface area contributed by atoms with Crippen molar-refractivity contribution < 1.29 is 24.2 Å². The molecule has 3 aromatic carbocycles. The molecule has 0 heterocycles. The number of halogens is 1. The van der Waals surface area contributed by atoms with Gasteiger partial charge in [0.1, 0.15) is 5.75 Å². The van der Waals surface area contributed by atoms with Crippen molar-refractivity contribution in [2.45, 2.75) is 0 Å². The fourth-order valence-corrected chi connectivity index (χ4v) is 2.99. The predicted molar refractivity (Wildman–Crippen MR) is 114 cm³/mol. The van der Waals surface area contributed by atoms with E-state index < -0.39 is 17.8 Å². The summed E-state index contributed by atoms with van der Waals surface area (Å²) >= 11 is 6.00. The molecular weight excluding hydrogens is 408 g/mol. The molecule has 0 bridgehead atoms. The van der Waals surface area contributed by atoms with Crippen LogP contribution in [-0.4, -0.2) is 30.0 Å². The van der Waals surface area contributed by atoms with Crippen LogP contribution in [0.3, 0.4) is 0 Å². The first-order chi connectivity index (χ1) is 14.4. The van der Waals surface area contributed by atoms with Gasteiger partial charge in [0.25, 0.3) is 11.8 Å². The topological polar surface area (TPSA) is 105 Å². The maximum atomic E-state index is 12.9. The Morgan fingerprint density at radius 3 is 2.03 bits per heavy atom. The Bertz CT molecular complexity index is 1130. The number of anilines is 2. The number of para-hydroxylation sites is 1.